The van der Waals surface area contributed by atoms with E-state index in [0.717, 1.165) is 71.9 Å². The second-order valence-electron chi connectivity index (χ2n) is 28.7. The van der Waals surface area contributed by atoms with Crippen LogP contribution in [0.25, 0.3) is 0 Å². The lowest BCUT2D eigenvalue weighted by molar-refractivity contribution is -0.137. The van der Waals surface area contributed by atoms with Crippen molar-refractivity contribution in [2.24, 2.45) is 14.1 Å². The fourth-order valence-electron chi connectivity index (χ4n) is 9.36. The molecule has 2 aromatic rings. The number of aromatic nitrogens is 3. The predicted molar refractivity (Wildman–Crippen MR) is 460 cm³/mol. The predicted octanol–water partition coefficient (Wildman–Crippen LogP) is 10.8. The van der Waals surface area contributed by atoms with Crippen molar-refractivity contribution in [3.05, 3.63) is 203 Å². The van der Waals surface area contributed by atoms with Crippen molar-refractivity contribution in [2.45, 2.75) is 83.5 Å². The molecule has 0 radical (unpaired) electrons. The van der Waals surface area contributed by atoms with Crippen LogP contribution in [0.4, 0.5) is 0 Å². The van der Waals surface area contributed by atoms with Gasteiger partial charge >= 0.3 is 0 Å². The molecule has 0 atom stereocenters. The van der Waals surface area contributed by atoms with E-state index in [4.69, 9.17) is 9.47 Å². The van der Waals surface area contributed by atoms with Crippen LogP contribution in [0.1, 0.15) is 83.5 Å². The van der Waals surface area contributed by atoms with Crippen LogP contribution >= 0.6 is 0 Å². The highest BCUT2D eigenvalue weighted by molar-refractivity contribution is 5.81. The van der Waals surface area contributed by atoms with Crippen molar-refractivity contribution in [1.82, 2.24) is 98.3 Å². The fourth-order valence-corrected chi connectivity index (χ4v) is 9.36. The highest BCUT2D eigenvalue weighted by atomic mass is 16.5. The van der Waals surface area contributed by atoms with Crippen LogP contribution in [0.5, 0.6) is 0 Å². The third kappa shape index (κ3) is 70.1. The Bertz CT molecular complexity index is 2560. The van der Waals surface area contributed by atoms with E-state index in [1.165, 1.54) is 149 Å². The summed E-state index contributed by atoms with van der Waals surface area (Å²) < 4.78 is 13.7. The number of morpholine rings is 1. The molecule has 2 N–H and O–H groups in total. The lowest BCUT2D eigenvalue weighted by Gasteiger charge is -2.24. The molecule has 15 aliphatic heterocycles. The second kappa shape index (κ2) is 68.7. The third-order valence-corrected chi connectivity index (χ3v) is 17.5. The van der Waals surface area contributed by atoms with Crippen LogP contribution in [-0.2, 0) is 28.4 Å². The van der Waals surface area contributed by atoms with Crippen LogP contribution in [-0.4, -0.2) is 337 Å². The first-order valence-electron chi connectivity index (χ1n) is 39.5. The number of likely N-dealkylation sites (tertiary alicyclic amines) is 5. The van der Waals surface area contributed by atoms with E-state index in [9.17, 15) is 4.79 Å². The van der Waals surface area contributed by atoms with Crippen LogP contribution < -0.4 is 10.6 Å². The number of likely N-dealkylation sites (N-methyl/N-ethyl adjacent to an activating group) is 4. The standard InChI is InChI=1S/C7H15N.C7H11N.C7H9N.C6H13N.C6H9N.C5H12N2.C5H8N2.C5H11NO.C5H7NO.C5H11N.C5H7N.C4H6N2.C4H7NO.C4H9N.C4H7N.C3H7N.C3H5N/c3*1-8-6-4-2-3-5-7-8;2*1-7-5-3-2-4-6-7;2*1-7-4-2-6-3-5-7;2*1-6-2-4-7-5-3-6;2*1-6-4-2-3-5-6;1-6-3-2-5-4-6;1-5-3-2-4(5)6;2*1-5-3-2-4-5;2*1-4-2-3-4/h2-7H2,1H3;2-4,6H,5,7H2,1H3;2-7H,1H3;2-6H2,1H3;3-6H,2H2,1H3;6H,2-5H2,1H3;2-6H,1H3;2-5H2,1H3;2-5H,1H3;2-5H2,1H3;2-5H,1H3;2-4H,1H3;2-3H2,1H3;2-4H2,1H3;2-3H,4H2,1H3;2-3H2,1H3;2-3H,1H3. The SMILES string of the molecule is CN1C=C1.CN1C=CC1.CN1C=CC=CC=C1.CN1C=CC=CCC1.CN1C=CCC=C1.CN1C=CNC=C1.CN1C=COC=C1.CN1CC1.CN1CCC1.CN1CCC1=O.CN1CCCC1.CN1CCCCC1.CN1CCCCCC1.CN1CCNCC1.CN1CCOCC1.Cn1cccc1.Cn1ccnc1. The number of hydrogen-bond donors (Lipinski definition) is 2. The molecule has 2 aromatic heterocycles. The molecule has 23 heteroatoms. The van der Waals surface area contributed by atoms with Crippen molar-refractivity contribution in [1.29, 1.82) is 0 Å². The molecule has 0 unspecified atom stereocenters. The second-order valence-corrected chi connectivity index (χ2v) is 28.7. The molecule has 8 fully saturated rings. The van der Waals surface area contributed by atoms with Gasteiger partial charge in [0.2, 0.25) is 5.91 Å². The normalized spacial score (nSPS) is 20.1. The van der Waals surface area contributed by atoms with Gasteiger partial charge in [-0.3, -0.25) is 4.79 Å². The minimum atomic E-state index is 0.273. The van der Waals surface area contributed by atoms with Crippen molar-refractivity contribution in [3.63, 3.8) is 0 Å². The van der Waals surface area contributed by atoms with E-state index in [1.54, 1.807) is 29.9 Å². The summed E-state index contributed by atoms with van der Waals surface area (Å²) in [5.41, 5.74) is 0. The maximum Gasteiger partial charge on any atom is 0.224 e. The van der Waals surface area contributed by atoms with E-state index in [-0.39, 0.29) is 5.91 Å². The number of aryl methyl sites for hydroxylation is 2. The zero-order chi connectivity index (χ0) is 79.3. The van der Waals surface area contributed by atoms with Crippen LogP contribution in [0.3, 0.4) is 0 Å². The molecule has 15 aliphatic rings. The highest BCUT2D eigenvalue weighted by Crippen LogP contribution is 2.08. The maximum atomic E-state index is 10.2. The number of allylic oxidation sites excluding steroid dienone is 8. The van der Waals surface area contributed by atoms with E-state index < -0.39 is 0 Å². The van der Waals surface area contributed by atoms with Gasteiger partial charge in [-0.15, -0.1) is 0 Å². The monoisotopic (exact) mass is 1500 g/mol. The minimum Gasteiger partial charge on any atom is -0.470 e. The van der Waals surface area contributed by atoms with Gasteiger partial charge in [-0.1, -0.05) is 55.7 Å². The fraction of sp³-hybridized carbons (Fsp3) is 0.600. The smallest absolute Gasteiger partial charge is 0.224 e. The van der Waals surface area contributed by atoms with Gasteiger partial charge in [-0.05, 0) is 221 Å². The molecule has 8 saturated heterocycles. The molecule has 23 nitrogen and oxygen atoms in total. The molecule has 108 heavy (non-hydrogen) atoms. The Hall–Kier alpha value is -7.58. The maximum absolute atomic E-state index is 10.2. The summed E-state index contributed by atoms with van der Waals surface area (Å²) in [5.74, 6) is 0.273. The number of rotatable bonds is 0. The average molecular weight is 1500 g/mol. The van der Waals surface area contributed by atoms with Gasteiger partial charge in [0.1, 0.15) is 12.5 Å². The summed E-state index contributed by atoms with van der Waals surface area (Å²) in [7, 11) is 34.9. The first kappa shape index (κ1) is 98.4. The Kier molecular flexibility index (Phi) is 62.6. The summed E-state index contributed by atoms with van der Waals surface area (Å²) in [5, 5.41) is 6.19. The Labute approximate surface area is 659 Å². The largest absolute Gasteiger partial charge is 0.470 e. The van der Waals surface area contributed by atoms with Gasteiger partial charge in [0, 0.05) is 236 Å². The number of nitrogens with zero attached hydrogens (tertiary/aromatic N) is 18. The number of imidazole rings is 1. The Balaban J connectivity index is 0.000000575. The molecule has 17 heterocycles. The lowest BCUT2D eigenvalue weighted by Crippen LogP contribution is -2.40. The van der Waals surface area contributed by atoms with Crippen molar-refractivity contribution in [3.8, 4) is 0 Å². The number of carbonyl (C=O) groups excluding carboxylic acids is 1. The number of carbonyl (C=O) groups is 1. The molecule has 0 saturated carbocycles. The molecule has 1 amide bonds. The molecule has 0 spiro atoms. The summed E-state index contributed by atoms with van der Waals surface area (Å²) in [4.78, 5) is 46.2. The van der Waals surface area contributed by atoms with Gasteiger partial charge in [0.05, 0.1) is 19.5 Å². The number of hydrogen-bond acceptors (Lipinski definition) is 20. The van der Waals surface area contributed by atoms with Crippen LogP contribution in [0.2, 0.25) is 0 Å². The third-order valence-electron chi connectivity index (χ3n) is 17.5. The number of amides is 1. The minimum absolute atomic E-state index is 0.273. The average Bonchev–Trinajstić information content (AvgIpc) is 0.984. The molecule has 0 bridgehead atoms. The van der Waals surface area contributed by atoms with Crippen molar-refractivity contribution in [2.75, 3.05) is 243 Å². The van der Waals surface area contributed by atoms with Gasteiger partial charge in [-0.2, -0.15) is 0 Å². The molecule has 17 rings (SSSR count). The van der Waals surface area contributed by atoms with Crippen molar-refractivity contribution >= 4 is 5.91 Å². The molecule has 0 aromatic carbocycles. The molecular formula is C85H154N20O3. The van der Waals surface area contributed by atoms with Gasteiger partial charge in [0.25, 0.3) is 0 Å². The molecular weight excluding hydrogens is 1350 g/mol. The van der Waals surface area contributed by atoms with E-state index in [0.29, 0.717) is 0 Å². The van der Waals surface area contributed by atoms with Gasteiger partial charge in [0.15, 0.2) is 0 Å². The molecule has 0 aliphatic carbocycles. The highest BCUT2D eigenvalue weighted by Gasteiger charge is 2.17. The topological polar surface area (TPSA) is 130 Å². The van der Waals surface area contributed by atoms with E-state index in [2.05, 4.69) is 184 Å². The number of ether oxygens (including phenoxy) is 2. The zero-order valence-corrected chi connectivity index (χ0v) is 70.9. The summed E-state index contributed by atoms with van der Waals surface area (Å²) in [6, 6.07) is 4.00. The number of piperazine rings is 1. The number of nitrogens with one attached hydrogen (secondary N) is 2. The quantitative estimate of drug-likeness (QED) is 0.191. The zero-order valence-electron chi connectivity index (χ0n) is 70.9. The molecule has 612 valence electrons. The lowest BCUT2D eigenvalue weighted by atomic mass is 10.1. The Morgan fingerprint density at radius 1 is 0.361 bits per heavy atom. The van der Waals surface area contributed by atoms with Crippen LogP contribution in [0, 0.1) is 0 Å². The van der Waals surface area contributed by atoms with Crippen LogP contribution in [0.15, 0.2) is 203 Å². The summed E-state index contributed by atoms with van der Waals surface area (Å²) in [6.45, 7) is 25.2. The Morgan fingerprint density at radius 2 is 0.769 bits per heavy atom. The van der Waals surface area contributed by atoms with E-state index in [1.807, 2.05) is 207 Å². The Morgan fingerprint density at radius 3 is 1.03 bits per heavy atom. The first-order chi connectivity index (χ1) is 52.1. The number of β-lactam (4-membered cyclic amide) rings is 1. The van der Waals surface area contributed by atoms with Crippen molar-refractivity contribution < 1.29 is 14.3 Å². The van der Waals surface area contributed by atoms with Gasteiger partial charge < -0.3 is 103 Å². The summed E-state index contributed by atoms with van der Waals surface area (Å²) in [6.07, 6.45) is 78.2. The van der Waals surface area contributed by atoms with Gasteiger partial charge in [-0.25, -0.2) is 4.98 Å². The van der Waals surface area contributed by atoms with E-state index >= 15 is 0 Å². The summed E-state index contributed by atoms with van der Waals surface area (Å²) >= 11 is 0. The first-order valence-corrected chi connectivity index (χ1v) is 39.5. The number of piperidine rings is 1.